The van der Waals surface area contributed by atoms with E-state index in [0.29, 0.717) is 17.4 Å². The summed E-state index contributed by atoms with van der Waals surface area (Å²) < 4.78 is 33.8. The van der Waals surface area contributed by atoms with E-state index in [2.05, 4.69) is 26.0 Å². The Hall–Kier alpha value is -1.25. The Morgan fingerprint density at radius 2 is 1.02 bits per heavy atom. The van der Waals surface area contributed by atoms with Crippen LogP contribution in [0.25, 0.3) is 0 Å². The second kappa shape index (κ2) is 33.6. The van der Waals surface area contributed by atoms with Gasteiger partial charge in [-0.1, -0.05) is 142 Å². The molecule has 0 aliphatic carbocycles. The molecule has 296 valence electrons. The topological polar surface area (TPSA) is 111 Å². The van der Waals surface area contributed by atoms with E-state index in [1.54, 1.807) is 0 Å². The summed E-state index contributed by atoms with van der Waals surface area (Å²) >= 11 is 0. The van der Waals surface area contributed by atoms with Crippen molar-refractivity contribution >= 4 is 19.8 Å². The van der Waals surface area contributed by atoms with Crippen LogP contribution in [0.2, 0.25) is 0 Å². The van der Waals surface area contributed by atoms with Gasteiger partial charge < -0.3 is 27.9 Å². The second-order valence-corrected chi connectivity index (χ2v) is 16.4. The highest BCUT2D eigenvalue weighted by atomic mass is 31.2. The van der Waals surface area contributed by atoms with Crippen molar-refractivity contribution in [1.29, 1.82) is 0 Å². The largest absolute Gasteiger partial charge is 0.756 e. The molecule has 0 bridgehead atoms. The van der Waals surface area contributed by atoms with E-state index < -0.39 is 26.5 Å². The smallest absolute Gasteiger partial charge is 0.306 e. The predicted molar refractivity (Wildman–Crippen MR) is 204 cm³/mol. The van der Waals surface area contributed by atoms with Crippen LogP contribution in [0.4, 0.5) is 0 Å². The third-order valence-corrected chi connectivity index (χ3v) is 9.75. The standard InChI is InChI=1S/C40H78NO8P/c1-6-8-10-12-14-16-17-18-19-20-21-22-23-25-27-29-31-33-40(43)49-38(37-48-50(44,45)47-35-34-41(3,4)5)36-46-39(42)32-30-28-26-24-15-13-11-9-7-2/h18-19,38H,6-17,20-37H2,1-5H3/b19-18-. The number of allylic oxidation sites excluding steroid dienone is 2. The van der Waals surface area contributed by atoms with E-state index in [4.69, 9.17) is 18.5 Å². The maximum absolute atomic E-state index is 12.6. The van der Waals surface area contributed by atoms with Gasteiger partial charge in [0.15, 0.2) is 6.10 Å². The van der Waals surface area contributed by atoms with Crippen LogP contribution in [0, 0.1) is 0 Å². The van der Waals surface area contributed by atoms with Gasteiger partial charge in [-0.25, -0.2) is 0 Å². The molecule has 0 aliphatic heterocycles. The van der Waals surface area contributed by atoms with Crippen molar-refractivity contribution in [2.45, 2.75) is 187 Å². The predicted octanol–water partition coefficient (Wildman–Crippen LogP) is 10.4. The van der Waals surface area contributed by atoms with Gasteiger partial charge in [0.1, 0.15) is 19.8 Å². The van der Waals surface area contributed by atoms with Crippen LogP contribution in [0.15, 0.2) is 12.2 Å². The number of nitrogens with zero attached hydrogens (tertiary/aromatic N) is 1. The fraction of sp³-hybridized carbons (Fsp3) is 0.900. The van der Waals surface area contributed by atoms with Crippen LogP contribution < -0.4 is 4.89 Å². The molecule has 0 saturated heterocycles. The van der Waals surface area contributed by atoms with Crippen molar-refractivity contribution in [2.24, 2.45) is 0 Å². The zero-order valence-electron chi connectivity index (χ0n) is 33.1. The molecule has 0 radical (unpaired) electrons. The maximum Gasteiger partial charge on any atom is 0.306 e. The van der Waals surface area contributed by atoms with E-state index in [0.717, 1.165) is 44.9 Å². The van der Waals surface area contributed by atoms with E-state index in [1.165, 1.54) is 103 Å². The number of unbranched alkanes of at least 4 members (excludes halogenated alkanes) is 21. The summed E-state index contributed by atoms with van der Waals surface area (Å²) in [5.74, 6) is -0.837. The van der Waals surface area contributed by atoms with Crippen LogP contribution >= 0.6 is 7.82 Å². The number of esters is 2. The van der Waals surface area contributed by atoms with E-state index in [-0.39, 0.29) is 32.0 Å². The average Bonchev–Trinajstić information content (AvgIpc) is 3.06. The number of hydrogen-bond donors (Lipinski definition) is 0. The van der Waals surface area contributed by atoms with Crippen LogP contribution in [0.1, 0.15) is 181 Å². The highest BCUT2D eigenvalue weighted by Gasteiger charge is 2.21. The molecule has 50 heavy (non-hydrogen) atoms. The fourth-order valence-electron chi connectivity index (χ4n) is 5.53. The SMILES string of the molecule is CCCCCCCC/C=C\CCCCCCCCCC(=O)OC(COC(=O)CCCCCCCCCCC)COP(=O)([O-])OCC[N+](C)(C)C. The zero-order chi connectivity index (χ0) is 37.2. The highest BCUT2D eigenvalue weighted by molar-refractivity contribution is 7.45. The van der Waals surface area contributed by atoms with Gasteiger partial charge in [0.25, 0.3) is 7.82 Å². The number of ether oxygens (including phenoxy) is 2. The summed E-state index contributed by atoms with van der Waals surface area (Å²) in [5, 5.41) is 0. The Bertz CT molecular complexity index is 876. The fourth-order valence-corrected chi connectivity index (χ4v) is 6.26. The molecule has 9 nitrogen and oxygen atoms in total. The molecule has 0 N–H and O–H groups in total. The minimum atomic E-state index is -4.61. The molecule has 0 aromatic rings. The van der Waals surface area contributed by atoms with Crippen LogP contribution in [-0.2, 0) is 32.7 Å². The number of quaternary nitrogens is 1. The number of phosphoric acid groups is 1. The lowest BCUT2D eigenvalue weighted by Crippen LogP contribution is -2.37. The zero-order valence-corrected chi connectivity index (χ0v) is 34.0. The first-order chi connectivity index (χ1) is 24.0. The third-order valence-electron chi connectivity index (χ3n) is 8.79. The van der Waals surface area contributed by atoms with Crippen molar-refractivity contribution in [3.63, 3.8) is 0 Å². The molecule has 0 aromatic carbocycles. The molecular weight excluding hydrogens is 653 g/mol. The van der Waals surface area contributed by atoms with Crippen LogP contribution in [0.5, 0.6) is 0 Å². The molecule has 0 spiro atoms. The van der Waals surface area contributed by atoms with E-state index in [9.17, 15) is 19.0 Å². The van der Waals surface area contributed by atoms with Gasteiger partial charge in [0.05, 0.1) is 27.7 Å². The number of likely N-dealkylation sites (N-methyl/N-ethyl adjacent to an activating group) is 1. The Morgan fingerprint density at radius 1 is 0.600 bits per heavy atom. The molecule has 2 atom stereocenters. The first-order valence-corrected chi connectivity index (χ1v) is 21.9. The van der Waals surface area contributed by atoms with Crippen molar-refractivity contribution in [3.05, 3.63) is 12.2 Å². The monoisotopic (exact) mass is 732 g/mol. The lowest BCUT2D eigenvalue weighted by Gasteiger charge is -2.28. The number of phosphoric ester groups is 1. The van der Waals surface area contributed by atoms with Gasteiger partial charge in [-0.15, -0.1) is 0 Å². The third kappa shape index (κ3) is 36.5. The summed E-state index contributed by atoms with van der Waals surface area (Å²) in [6, 6.07) is 0. The first kappa shape index (κ1) is 48.8. The van der Waals surface area contributed by atoms with Crippen LogP contribution in [-0.4, -0.2) is 70.0 Å². The normalized spacial score (nSPS) is 13.8. The minimum absolute atomic E-state index is 0.0290. The summed E-state index contributed by atoms with van der Waals surface area (Å²) in [7, 11) is 1.17. The van der Waals surface area contributed by atoms with E-state index >= 15 is 0 Å². The van der Waals surface area contributed by atoms with Gasteiger partial charge in [-0.2, -0.15) is 0 Å². The van der Waals surface area contributed by atoms with Gasteiger partial charge in [0.2, 0.25) is 0 Å². The van der Waals surface area contributed by atoms with Crippen molar-refractivity contribution < 1.29 is 42.1 Å². The van der Waals surface area contributed by atoms with Gasteiger partial charge in [-0.05, 0) is 38.5 Å². The van der Waals surface area contributed by atoms with Gasteiger partial charge in [0, 0.05) is 12.8 Å². The molecule has 0 saturated carbocycles. The molecule has 0 aliphatic rings. The molecular formula is C40H78NO8P. The molecule has 2 unspecified atom stereocenters. The average molecular weight is 732 g/mol. The summed E-state index contributed by atoms with van der Waals surface area (Å²) in [5.41, 5.74) is 0. The number of carbonyl (C=O) groups excluding carboxylic acids is 2. The molecule has 0 rings (SSSR count). The molecule has 10 heteroatoms. The van der Waals surface area contributed by atoms with Gasteiger partial charge in [-0.3, -0.25) is 14.2 Å². The maximum atomic E-state index is 12.6. The minimum Gasteiger partial charge on any atom is -0.756 e. The van der Waals surface area contributed by atoms with E-state index in [1.807, 2.05) is 21.1 Å². The molecule has 0 aromatic heterocycles. The Labute approximate surface area is 307 Å². The van der Waals surface area contributed by atoms with Gasteiger partial charge >= 0.3 is 11.9 Å². The second-order valence-electron chi connectivity index (χ2n) is 15.0. The molecule has 0 fully saturated rings. The summed E-state index contributed by atoms with van der Waals surface area (Å²) in [4.78, 5) is 37.3. The number of rotatable bonds is 37. The summed E-state index contributed by atoms with van der Waals surface area (Å²) in [6.07, 6.45) is 32.4. The van der Waals surface area contributed by atoms with Crippen LogP contribution in [0.3, 0.4) is 0 Å². The molecule has 0 heterocycles. The highest BCUT2D eigenvalue weighted by Crippen LogP contribution is 2.38. The Morgan fingerprint density at radius 3 is 1.48 bits per heavy atom. The van der Waals surface area contributed by atoms with Crippen molar-refractivity contribution in [1.82, 2.24) is 0 Å². The Kier molecular flexibility index (Phi) is 32.7. The lowest BCUT2D eigenvalue weighted by atomic mass is 10.1. The number of carbonyl (C=O) groups is 2. The number of hydrogen-bond acceptors (Lipinski definition) is 8. The van der Waals surface area contributed by atoms with Crippen molar-refractivity contribution in [2.75, 3.05) is 47.5 Å². The lowest BCUT2D eigenvalue weighted by molar-refractivity contribution is -0.870. The summed E-state index contributed by atoms with van der Waals surface area (Å²) in [6.45, 7) is 4.20. The quantitative estimate of drug-likeness (QED) is 0.0204. The Balaban J connectivity index is 4.35. The first-order valence-electron chi connectivity index (χ1n) is 20.4. The molecule has 0 amide bonds. The van der Waals surface area contributed by atoms with Crippen molar-refractivity contribution in [3.8, 4) is 0 Å².